The van der Waals surface area contributed by atoms with Crippen LogP contribution in [0.2, 0.25) is 0 Å². The summed E-state index contributed by atoms with van der Waals surface area (Å²) in [5, 5.41) is 2.85. The van der Waals surface area contributed by atoms with E-state index in [1.807, 2.05) is 38.1 Å². The highest BCUT2D eigenvalue weighted by Gasteiger charge is 2.15. The summed E-state index contributed by atoms with van der Waals surface area (Å²) in [6.45, 7) is 4.87. The molecular formula is C21H25FN2O2. The monoisotopic (exact) mass is 356 g/mol. The van der Waals surface area contributed by atoms with Crippen molar-refractivity contribution >= 4 is 17.5 Å². The van der Waals surface area contributed by atoms with Gasteiger partial charge in [-0.1, -0.05) is 38.1 Å². The van der Waals surface area contributed by atoms with Gasteiger partial charge in [0.2, 0.25) is 11.8 Å². The van der Waals surface area contributed by atoms with Gasteiger partial charge in [0.15, 0.2) is 0 Å². The van der Waals surface area contributed by atoms with Crippen molar-refractivity contribution in [3.63, 3.8) is 0 Å². The summed E-state index contributed by atoms with van der Waals surface area (Å²) in [7, 11) is 0. The van der Waals surface area contributed by atoms with Crippen molar-refractivity contribution in [2.75, 3.05) is 11.4 Å². The molecule has 26 heavy (non-hydrogen) atoms. The minimum atomic E-state index is -0.298. The first-order valence-corrected chi connectivity index (χ1v) is 8.94. The molecule has 0 aliphatic rings. The Morgan fingerprint density at radius 3 is 2.15 bits per heavy atom. The van der Waals surface area contributed by atoms with E-state index in [0.29, 0.717) is 25.9 Å². The zero-order valence-corrected chi connectivity index (χ0v) is 15.3. The molecule has 0 heterocycles. The van der Waals surface area contributed by atoms with Gasteiger partial charge in [0.05, 0.1) is 13.0 Å². The van der Waals surface area contributed by atoms with Crippen LogP contribution in [0, 0.1) is 5.82 Å². The number of carbonyl (C=O) groups excluding carboxylic acids is 2. The van der Waals surface area contributed by atoms with Gasteiger partial charge in [-0.05, 0) is 41.8 Å². The van der Waals surface area contributed by atoms with Gasteiger partial charge in [-0.15, -0.1) is 0 Å². The predicted octanol–water partition coefficient (Wildman–Crippen LogP) is 3.84. The first-order chi connectivity index (χ1) is 12.5. The van der Waals surface area contributed by atoms with Gasteiger partial charge in [0.25, 0.3) is 0 Å². The zero-order valence-electron chi connectivity index (χ0n) is 15.3. The molecule has 0 aliphatic carbocycles. The third-order valence-electron chi connectivity index (χ3n) is 4.04. The minimum Gasteiger partial charge on any atom is -0.356 e. The fraction of sp³-hybridized carbons (Fsp3) is 0.333. The van der Waals surface area contributed by atoms with E-state index in [1.54, 1.807) is 17.0 Å². The maximum atomic E-state index is 13.1. The molecule has 2 aromatic carbocycles. The summed E-state index contributed by atoms with van der Waals surface area (Å²) in [6, 6.07) is 13.6. The van der Waals surface area contributed by atoms with Crippen molar-refractivity contribution in [1.82, 2.24) is 5.32 Å². The van der Waals surface area contributed by atoms with Crippen LogP contribution >= 0.6 is 0 Å². The molecule has 4 nitrogen and oxygen atoms in total. The third kappa shape index (κ3) is 5.69. The first-order valence-electron chi connectivity index (χ1n) is 8.94. The number of hydrogen-bond acceptors (Lipinski definition) is 2. The summed E-state index contributed by atoms with van der Waals surface area (Å²) in [5.74, 6) is -0.317. The summed E-state index contributed by atoms with van der Waals surface area (Å²) in [5.41, 5.74) is 2.52. The molecule has 0 saturated carbocycles. The SMILES string of the molecule is CCCNC(=O)Cc1ccc(N(Cc2ccc(F)cc2)C(=O)CC)cc1. The number of amides is 2. The fourth-order valence-electron chi connectivity index (χ4n) is 2.59. The molecule has 0 atom stereocenters. The normalized spacial score (nSPS) is 10.4. The molecule has 2 aromatic rings. The van der Waals surface area contributed by atoms with Crippen molar-refractivity contribution in [2.45, 2.75) is 39.7 Å². The Labute approximate surface area is 154 Å². The molecule has 2 rings (SSSR count). The van der Waals surface area contributed by atoms with Crippen LogP contribution in [0.5, 0.6) is 0 Å². The lowest BCUT2D eigenvalue weighted by atomic mass is 10.1. The lowest BCUT2D eigenvalue weighted by molar-refractivity contribution is -0.120. The van der Waals surface area contributed by atoms with Gasteiger partial charge < -0.3 is 10.2 Å². The quantitative estimate of drug-likeness (QED) is 0.781. The van der Waals surface area contributed by atoms with Crippen LogP contribution in [0.3, 0.4) is 0 Å². The van der Waals surface area contributed by atoms with Gasteiger partial charge in [-0.3, -0.25) is 9.59 Å². The highest BCUT2D eigenvalue weighted by Crippen LogP contribution is 2.20. The zero-order chi connectivity index (χ0) is 18.9. The lowest BCUT2D eigenvalue weighted by Gasteiger charge is -2.23. The van der Waals surface area contributed by atoms with E-state index >= 15 is 0 Å². The van der Waals surface area contributed by atoms with Gasteiger partial charge in [0.1, 0.15) is 5.82 Å². The van der Waals surface area contributed by atoms with Gasteiger partial charge >= 0.3 is 0 Å². The fourth-order valence-corrected chi connectivity index (χ4v) is 2.59. The number of anilines is 1. The van der Waals surface area contributed by atoms with Gasteiger partial charge in [-0.2, -0.15) is 0 Å². The standard InChI is InChI=1S/C21H25FN2O2/c1-3-13-23-20(25)14-16-7-11-19(12-8-16)24(21(26)4-2)15-17-5-9-18(22)10-6-17/h5-12H,3-4,13-15H2,1-2H3,(H,23,25). The summed E-state index contributed by atoms with van der Waals surface area (Å²) in [4.78, 5) is 25.8. The molecule has 1 N–H and O–H groups in total. The van der Waals surface area contributed by atoms with E-state index in [0.717, 1.165) is 23.2 Å². The topological polar surface area (TPSA) is 49.4 Å². The maximum Gasteiger partial charge on any atom is 0.227 e. The predicted molar refractivity (Wildman–Crippen MR) is 101 cm³/mol. The van der Waals surface area contributed by atoms with Crippen LogP contribution in [0.15, 0.2) is 48.5 Å². The summed E-state index contributed by atoms with van der Waals surface area (Å²) in [6.07, 6.45) is 1.60. The second-order valence-electron chi connectivity index (χ2n) is 6.15. The van der Waals surface area contributed by atoms with Crippen LogP contribution < -0.4 is 10.2 Å². The van der Waals surface area contributed by atoms with Crippen LogP contribution in [0.25, 0.3) is 0 Å². The summed E-state index contributed by atoms with van der Waals surface area (Å²) >= 11 is 0. The average molecular weight is 356 g/mol. The van der Waals surface area contributed by atoms with Gasteiger partial charge in [-0.25, -0.2) is 4.39 Å². The average Bonchev–Trinajstić information content (AvgIpc) is 2.66. The Morgan fingerprint density at radius 1 is 0.962 bits per heavy atom. The summed E-state index contributed by atoms with van der Waals surface area (Å²) < 4.78 is 13.1. The molecule has 0 radical (unpaired) electrons. The number of nitrogens with one attached hydrogen (secondary N) is 1. The molecule has 0 saturated heterocycles. The Bertz CT molecular complexity index is 727. The van der Waals surface area contributed by atoms with E-state index in [-0.39, 0.29) is 17.6 Å². The smallest absolute Gasteiger partial charge is 0.227 e. The molecule has 0 spiro atoms. The highest BCUT2D eigenvalue weighted by molar-refractivity contribution is 5.93. The highest BCUT2D eigenvalue weighted by atomic mass is 19.1. The second kappa shape index (κ2) is 9.70. The van der Waals surface area contributed by atoms with Crippen molar-refractivity contribution in [3.05, 3.63) is 65.5 Å². The van der Waals surface area contributed by atoms with E-state index in [2.05, 4.69) is 5.32 Å². The van der Waals surface area contributed by atoms with Gasteiger partial charge in [0, 0.05) is 18.7 Å². The Kier molecular flexibility index (Phi) is 7.33. The second-order valence-corrected chi connectivity index (χ2v) is 6.15. The van der Waals surface area contributed by atoms with Crippen LogP contribution in [0.4, 0.5) is 10.1 Å². The van der Waals surface area contributed by atoms with Crippen LogP contribution in [-0.2, 0) is 22.6 Å². The van der Waals surface area contributed by atoms with Crippen molar-refractivity contribution in [2.24, 2.45) is 0 Å². The van der Waals surface area contributed by atoms with E-state index in [4.69, 9.17) is 0 Å². The van der Waals surface area contributed by atoms with Crippen LogP contribution in [0.1, 0.15) is 37.8 Å². The van der Waals surface area contributed by atoms with E-state index in [9.17, 15) is 14.0 Å². The maximum absolute atomic E-state index is 13.1. The Hall–Kier alpha value is -2.69. The first kappa shape index (κ1) is 19.6. The van der Waals surface area contributed by atoms with Crippen molar-refractivity contribution in [1.29, 1.82) is 0 Å². The number of rotatable bonds is 8. The molecule has 0 bridgehead atoms. The lowest BCUT2D eigenvalue weighted by Crippen LogP contribution is -2.29. The van der Waals surface area contributed by atoms with Crippen molar-refractivity contribution < 1.29 is 14.0 Å². The molecule has 5 heteroatoms. The van der Waals surface area contributed by atoms with Crippen molar-refractivity contribution in [3.8, 4) is 0 Å². The molecule has 0 fully saturated rings. The third-order valence-corrected chi connectivity index (χ3v) is 4.04. The molecule has 2 amide bonds. The minimum absolute atomic E-state index is 0.00703. The number of nitrogens with zero attached hydrogens (tertiary/aromatic N) is 1. The number of carbonyl (C=O) groups is 2. The molecule has 138 valence electrons. The molecule has 0 aromatic heterocycles. The number of benzene rings is 2. The number of halogens is 1. The molecule has 0 unspecified atom stereocenters. The largest absolute Gasteiger partial charge is 0.356 e. The molecular weight excluding hydrogens is 331 g/mol. The van der Waals surface area contributed by atoms with E-state index in [1.165, 1.54) is 12.1 Å². The molecule has 0 aliphatic heterocycles. The van der Waals surface area contributed by atoms with Crippen LogP contribution in [-0.4, -0.2) is 18.4 Å². The number of hydrogen-bond donors (Lipinski definition) is 1. The Morgan fingerprint density at radius 2 is 1.58 bits per heavy atom. The Balaban J connectivity index is 2.11. The van der Waals surface area contributed by atoms with E-state index < -0.39 is 0 Å².